The zero-order chi connectivity index (χ0) is 14.7. The molecule has 0 unspecified atom stereocenters. The van der Waals surface area contributed by atoms with Gasteiger partial charge in [-0.05, 0) is 31.2 Å². The van der Waals surface area contributed by atoms with E-state index in [1.807, 2.05) is 11.9 Å². The van der Waals surface area contributed by atoms with Gasteiger partial charge in [-0.25, -0.2) is 9.59 Å². The van der Waals surface area contributed by atoms with Gasteiger partial charge in [-0.15, -0.1) is 0 Å². The number of ether oxygens (including phenoxy) is 1. The Morgan fingerprint density at radius 1 is 1.30 bits per heavy atom. The van der Waals surface area contributed by atoms with Crippen LogP contribution in [0.15, 0.2) is 40.1 Å². The molecular formula is C13H12N2O5. The molecule has 0 atom stereocenters. The summed E-state index contributed by atoms with van der Waals surface area (Å²) >= 11 is 0. The number of hydrogen-bond acceptors (Lipinski definition) is 4. The number of aromatic carboxylic acids is 1. The van der Waals surface area contributed by atoms with Crippen LogP contribution in [0.25, 0.3) is 5.69 Å². The Morgan fingerprint density at radius 2 is 1.95 bits per heavy atom. The summed E-state index contributed by atoms with van der Waals surface area (Å²) in [6.07, 6.45) is 0.999. The highest BCUT2D eigenvalue weighted by Gasteiger charge is 2.12. The van der Waals surface area contributed by atoms with Crippen molar-refractivity contribution >= 4 is 5.97 Å². The Labute approximate surface area is 113 Å². The van der Waals surface area contributed by atoms with Gasteiger partial charge in [0.15, 0.2) is 0 Å². The molecule has 7 nitrogen and oxygen atoms in total. The normalized spacial score (nSPS) is 10.2. The summed E-state index contributed by atoms with van der Waals surface area (Å²) in [7, 11) is 0. The fourth-order valence-corrected chi connectivity index (χ4v) is 1.68. The molecule has 0 fully saturated rings. The monoisotopic (exact) mass is 276 g/mol. The number of carboxylic acids is 1. The van der Waals surface area contributed by atoms with Crippen LogP contribution in [0.1, 0.15) is 17.3 Å². The fourth-order valence-electron chi connectivity index (χ4n) is 1.68. The minimum Gasteiger partial charge on any atom is -0.494 e. The van der Waals surface area contributed by atoms with Gasteiger partial charge < -0.3 is 9.84 Å². The minimum atomic E-state index is -1.40. The van der Waals surface area contributed by atoms with Gasteiger partial charge in [0, 0.05) is 6.20 Å². The van der Waals surface area contributed by atoms with Crippen LogP contribution >= 0.6 is 0 Å². The van der Waals surface area contributed by atoms with Gasteiger partial charge in [-0.2, -0.15) is 0 Å². The number of benzene rings is 1. The third kappa shape index (κ3) is 2.61. The summed E-state index contributed by atoms with van der Waals surface area (Å²) in [4.78, 5) is 35.9. The van der Waals surface area contributed by atoms with Crippen LogP contribution < -0.4 is 16.0 Å². The molecule has 0 saturated carbocycles. The lowest BCUT2D eigenvalue weighted by Gasteiger charge is -2.07. The number of rotatable bonds is 4. The van der Waals surface area contributed by atoms with Crippen LogP contribution in [-0.4, -0.2) is 27.2 Å². The van der Waals surface area contributed by atoms with Crippen molar-refractivity contribution in [2.45, 2.75) is 6.92 Å². The minimum absolute atomic E-state index is 0.428. The second kappa shape index (κ2) is 5.43. The molecule has 0 radical (unpaired) electrons. The largest absolute Gasteiger partial charge is 0.494 e. The van der Waals surface area contributed by atoms with E-state index in [1.54, 1.807) is 24.3 Å². The smallest absolute Gasteiger partial charge is 0.342 e. The zero-order valence-corrected chi connectivity index (χ0v) is 10.6. The summed E-state index contributed by atoms with van der Waals surface area (Å²) < 4.78 is 6.32. The maximum Gasteiger partial charge on any atom is 0.342 e. The molecule has 2 N–H and O–H groups in total. The van der Waals surface area contributed by atoms with Crippen molar-refractivity contribution in [3.63, 3.8) is 0 Å². The van der Waals surface area contributed by atoms with Gasteiger partial charge in [0.2, 0.25) is 0 Å². The summed E-state index contributed by atoms with van der Waals surface area (Å²) in [5.41, 5.74) is -1.70. The summed E-state index contributed by atoms with van der Waals surface area (Å²) in [5, 5.41) is 8.89. The topological polar surface area (TPSA) is 101 Å². The first-order valence-electron chi connectivity index (χ1n) is 5.85. The van der Waals surface area contributed by atoms with Gasteiger partial charge in [0.05, 0.1) is 12.3 Å². The molecule has 1 aromatic carbocycles. The van der Waals surface area contributed by atoms with E-state index in [4.69, 9.17) is 9.84 Å². The molecule has 104 valence electrons. The highest BCUT2D eigenvalue weighted by Crippen LogP contribution is 2.14. The lowest BCUT2D eigenvalue weighted by Crippen LogP contribution is -2.32. The molecule has 0 saturated heterocycles. The van der Waals surface area contributed by atoms with Crippen LogP contribution in [0.5, 0.6) is 5.75 Å². The maximum absolute atomic E-state index is 11.7. The Morgan fingerprint density at radius 3 is 2.50 bits per heavy atom. The summed E-state index contributed by atoms with van der Waals surface area (Å²) in [6, 6.07) is 6.49. The van der Waals surface area contributed by atoms with Gasteiger partial charge >= 0.3 is 11.7 Å². The molecule has 0 aliphatic rings. The highest BCUT2D eigenvalue weighted by atomic mass is 16.5. The van der Waals surface area contributed by atoms with Crippen LogP contribution in [0, 0.1) is 0 Å². The summed E-state index contributed by atoms with van der Waals surface area (Å²) in [5.74, 6) is -0.766. The van der Waals surface area contributed by atoms with Crippen molar-refractivity contribution in [1.82, 2.24) is 9.55 Å². The number of carbonyl (C=O) groups is 1. The standard InChI is InChI=1S/C13H12N2O5/c1-2-20-9-5-3-8(4-6-9)15-7-10(12(17)18)11(16)14-13(15)19/h3-7H,2H2,1H3,(H,17,18)(H,14,16,19). The van der Waals surface area contributed by atoms with Crippen LogP contribution in [-0.2, 0) is 0 Å². The molecule has 1 aromatic heterocycles. The van der Waals surface area contributed by atoms with Crippen molar-refractivity contribution in [3.05, 3.63) is 56.9 Å². The first kappa shape index (κ1) is 13.6. The van der Waals surface area contributed by atoms with Gasteiger partial charge in [0.1, 0.15) is 11.3 Å². The van der Waals surface area contributed by atoms with Crippen molar-refractivity contribution in [2.75, 3.05) is 6.61 Å². The quantitative estimate of drug-likeness (QED) is 0.852. The number of nitrogens with zero attached hydrogens (tertiary/aromatic N) is 1. The van der Waals surface area contributed by atoms with E-state index in [2.05, 4.69) is 0 Å². The molecule has 0 spiro atoms. The predicted octanol–water partition coefficient (Wildman–Crippen LogP) is 0.623. The van der Waals surface area contributed by atoms with E-state index in [9.17, 15) is 14.4 Å². The van der Waals surface area contributed by atoms with Crippen molar-refractivity contribution in [3.8, 4) is 11.4 Å². The molecule has 0 aliphatic carbocycles. The molecule has 0 amide bonds. The SMILES string of the molecule is CCOc1ccc(-n2cc(C(=O)O)c(=O)[nH]c2=O)cc1. The van der Waals surface area contributed by atoms with Gasteiger partial charge in [-0.3, -0.25) is 14.3 Å². The lowest BCUT2D eigenvalue weighted by molar-refractivity contribution is 0.0694. The Hall–Kier alpha value is -2.83. The Kier molecular flexibility index (Phi) is 3.69. The molecule has 20 heavy (non-hydrogen) atoms. The zero-order valence-electron chi connectivity index (χ0n) is 10.6. The van der Waals surface area contributed by atoms with Crippen LogP contribution in [0.2, 0.25) is 0 Å². The average molecular weight is 276 g/mol. The predicted molar refractivity (Wildman–Crippen MR) is 70.8 cm³/mol. The van der Waals surface area contributed by atoms with E-state index >= 15 is 0 Å². The first-order chi connectivity index (χ1) is 9.52. The van der Waals surface area contributed by atoms with E-state index in [0.717, 1.165) is 10.8 Å². The van der Waals surface area contributed by atoms with Crippen molar-refractivity contribution in [1.29, 1.82) is 0 Å². The van der Waals surface area contributed by atoms with E-state index in [0.29, 0.717) is 18.0 Å². The second-order valence-corrected chi connectivity index (χ2v) is 3.90. The number of aromatic amines is 1. The summed E-state index contributed by atoms with van der Waals surface area (Å²) in [6.45, 7) is 2.36. The van der Waals surface area contributed by atoms with E-state index < -0.39 is 22.8 Å². The third-order valence-electron chi connectivity index (χ3n) is 2.60. The fraction of sp³-hybridized carbons (Fsp3) is 0.154. The number of carboxylic acid groups (broad SMARTS) is 1. The molecule has 2 rings (SSSR count). The number of nitrogens with one attached hydrogen (secondary N) is 1. The Bertz CT molecular complexity index is 743. The Balaban J connectivity index is 2.52. The number of hydrogen-bond donors (Lipinski definition) is 2. The second-order valence-electron chi connectivity index (χ2n) is 3.90. The lowest BCUT2D eigenvalue weighted by atomic mass is 10.3. The molecular weight excluding hydrogens is 264 g/mol. The van der Waals surface area contributed by atoms with Crippen molar-refractivity contribution in [2.24, 2.45) is 0 Å². The number of aromatic nitrogens is 2. The van der Waals surface area contributed by atoms with Gasteiger partial charge in [-0.1, -0.05) is 0 Å². The number of H-pyrrole nitrogens is 1. The molecule has 7 heteroatoms. The first-order valence-corrected chi connectivity index (χ1v) is 5.85. The van der Waals surface area contributed by atoms with Crippen molar-refractivity contribution < 1.29 is 14.6 Å². The van der Waals surface area contributed by atoms with Crippen LogP contribution in [0.4, 0.5) is 0 Å². The van der Waals surface area contributed by atoms with Gasteiger partial charge in [0.25, 0.3) is 5.56 Å². The molecule has 1 heterocycles. The highest BCUT2D eigenvalue weighted by molar-refractivity contribution is 5.86. The average Bonchev–Trinajstić information content (AvgIpc) is 2.40. The molecule has 0 aliphatic heterocycles. The molecule has 2 aromatic rings. The van der Waals surface area contributed by atoms with E-state index in [-0.39, 0.29) is 0 Å². The molecule has 0 bridgehead atoms. The maximum atomic E-state index is 11.7. The third-order valence-corrected chi connectivity index (χ3v) is 2.60. The van der Waals surface area contributed by atoms with Crippen LogP contribution in [0.3, 0.4) is 0 Å². The van der Waals surface area contributed by atoms with E-state index in [1.165, 1.54) is 0 Å².